The third-order valence-electron chi connectivity index (χ3n) is 4.54. The quantitative estimate of drug-likeness (QED) is 0.644. The summed E-state index contributed by atoms with van der Waals surface area (Å²) in [4.78, 5) is 10.6. The molecule has 2 atom stereocenters. The van der Waals surface area contributed by atoms with E-state index in [9.17, 15) is 10.1 Å². The number of benzene rings is 1. The van der Waals surface area contributed by atoms with E-state index in [4.69, 9.17) is 4.74 Å². The van der Waals surface area contributed by atoms with Gasteiger partial charge in [0.05, 0.1) is 10.5 Å². The normalized spacial score (nSPS) is 23.4. The minimum atomic E-state index is -0.361. The Hall–Kier alpha value is -1.62. The Kier molecular flexibility index (Phi) is 4.52. The molecule has 2 unspecified atom stereocenters. The molecule has 0 amide bonds. The van der Waals surface area contributed by atoms with Crippen LogP contribution in [-0.4, -0.2) is 23.6 Å². The topological polar surface area (TPSA) is 64.4 Å². The molecule has 0 saturated heterocycles. The molecule has 0 spiro atoms. The molecule has 1 fully saturated rings. The zero-order chi connectivity index (χ0) is 15.6. The smallest absolute Gasteiger partial charge is 0.276 e. The number of hydrogen-bond acceptors (Lipinski definition) is 4. The van der Waals surface area contributed by atoms with Gasteiger partial charge in [0.2, 0.25) is 0 Å². The second-order valence-electron chi connectivity index (χ2n) is 6.33. The van der Waals surface area contributed by atoms with Crippen LogP contribution in [0.5, 0.6) is 5.75 Å². The summed E-state index contributed by atoms with van der Waals surface area (Å²) in [7, 11) is 0. The highest BCUT2D eigenvalue weighted by molar-refractivity contribution is 5.48. The first kappa shape index (κ1) is 15.8. The van der Waals surface area contributed by atoms with Gasteiger partial charge in [0, 0.05) is 23.9 Å². The van der Waals surface area contributed by atoms with Gasteiger partial charge in [-0.05, 0) is 26.0 Å². The van der Waals surface area contributed by atoms with Crippen LogP contribution in [0.3, 0.4) is 0 Å². The summed E-state index contributed by atoms with van der Waals surface area (Å²) >= 11 is 0. The molecule has 1 aromatic rings. The first-order valence-corrected chi connectivity index (χ1v) is 7.52. The molecule has 5 nitrogen and oxygen atoms in total. The number of rotatable bonds is 6. The van der Waals surface area contributed by atoms with E-state index in [-0.39, 0.29) is 22.1 Å². The van der Waals surface area contributed by atoms with Gasteiger partial charge in [0.15, 0.2) is 0 Å². The molecule has 116 valence electrons. The summed E-state index contributed by atoms with van der Waals surface area (Å²) in [5, 5.41) is 14.5. The summed E-state index contributed by atoms with van der Waals surface area (Å²) in [6.07, 6.45) is 2.14. The maximum atomic E-state index is 11.0. The molecular formula is C16H24N2O3. The first-order valence-electron chi connectivity index (χ1n) is 7.52. The van der Waals surface area contributed by atoms with Crippen molar-refractivity contribution in [2.45, 2.75) is 52.7 Å². The number of ether oxygens (including phenoxy) is 1. The van der Waals surface area contributed by atoms with E-state index in [2.05, 4.69) is 26.1 Å². The van der Waals surface area contributed by atoms with Crippen LogP contribution in [0.2, 0.25) is 0 Å². The number of nitro groups is 1. The van der Waals surface area contributed by atoms with E-state index in [1.54, 1.807) is 13.0 Å². The van der Waals surface area contributed by atoms with Gasteiger partial charge >= 0.3 is 0 Å². The molecule has 1 aromatic carbocycles. The lowest BCUT2D eigenvalue weighted by Crippen LogP contribution is -2.62. The van der Waals surface area contributed by atoms with Gasteiger partial charge < -0.3 is 10.1 Å². The summed E-state index contributed by atoms with van der Waals surface area (Å²) < 4.78 is 6.05. The molecule has 0 heterocycles. The fraction of sp³-hybridized carbons (Fsp3) is 0.625. The van der Waals surface area contributed by atoms with Gasteiger partial charge in [-0.15, -0.1) is 0 Å². The van der Waals surface area contributed by atoms with E-state index in [0.717, 1.165) is 19.4 Å². The summed E-state index contributed by atoms with van der Waals surface area (Å²) in [6.45, 7) is 9.27. The van der Waals surface area contributed by atoms with E-state index in [1.807, 2.05) is 6.07 Å². The van der Waals surface area contributed by atoms with Crippen molar-refractivity contribution in [2.75, 3.05) is 6.54 Å². The SMILES string of the molecule is CCCNC1CC(Oc2cccc([N+](=O)[O-])c2C)C1(C)C. The number of nitro benzene ring substituents is 1. The van der Waals surface area contributed by atoms with Crippen LogP contribution in [0.25, 0.3) is 0 Å². The largest absolute Gasteiger partial charge is 0.489 e. The van der Waals surface area contributed by atoms with Crippen molar-refractivity contribution in [3.05, 3.63) is 33.9 Å². The molecule has 0 bridgehead atoms. The number of nitrogens with zero attached hydrogens (tertiary/aromatic N) is 1. The molecule has 1 N–H and O–H groups in total. The van der Waals surface area contributed by atoms with Crippen molar-refractivity contribution >= 4 is 5.69 Å². The van der Waals surface area contributed by atoms with Gasteiger partial charge in [0.25, 0.3) is 5.69 Å². The van der Waals surface area contributed by atoms with Crippen molar-refractivity contribution < 1.29 is 9.66 Å². The maximum absolute atomic E-state index is 11.0. The molecule has 21 heavy (non-hydrogen) atoms. The lowest BCUT2D eigenvalue weighted by molar-refractivity contribution is -0.385. The molecular weight excluding hydrogens is 268 g/mol. The third-order valence-corrected chi connectivity index (χ3v) is 4.54. The summed E-state index contributed by atoms with van der Waals surface area (Å²) in [6, 6.07) is 5.45. The monoisotopic (exact) mass is 292 g/mol. The van der Waals surface area contributed by atoms with Crippen LogP contribution in [0.15, 0.2) is 18.2 Å². The summed E-state index contributed by atoms with van der Waals surface area (Å²) in [5.74, 6) is 0.621. The van der Waals surface area contributed by atoms with Gasteiger partial charge in [-0.1, -0.05) is 26.8 Å². The fourth-order valence-electron chi connectivity index (χ4n) is 2.83. The minimum Gasteiger partial charge on any atom is -0.489 e. The van der Waals surface area contributed by atoms with Gasteiger partial charge in [-0.2, -0.15) is 0 Å². The van der Waals surface area contributed by atoms with Gasteiger partial charge in [0.1, 0.15) is 11.9 Å². The average molecular weight is 292 g/mol. The second-order valence-corrected chi connectivity index (χ2v) is 6.33. The highest BCUT2D eigenvalue weighted by Gasteiger charge is 2.49. The van der Waals surface area contributed by atoms with E-state index < -0.39 is 0 Å². The van der Waals surface area contributed by atoms with Crippen molar-refractivity contribution in [3.63, 3.8) is 0 Å². The van der Waals surface area contributed by atoms with Crippen molar-refractivity contribution in [3.8, 4) is 5.75 Å². The number of hydrogen-bond donors (Lipinski definition) is 1. The van der Waals surface area contributed by atoms with Gasteiger partial charge in [-0.25, -0.2) is 0 Å². The molecule has 0 aliphatic heterocycles. The minimum absolute atomic E-state index is 0.0340. The van der Waals surface area contributed by atoms with Crippen LogP contribution in [-0.2, 0) is 0 Å². The Morgan fingerprint density at radius 1 is 1.48 bits per heavy atom. The van der Waals surface area contributed by atoms with Crippen LogP contribution in [0, 0.1) is 22.5 Å². The molecule has 1 saturated carbocycles. The Bertz CT molecular complexity index is 528. The van der Waals surface area contributed by atoms with Crippen LogP contribution < -0.4 is 10.1 Å². The molecule has 5 heteroatoms. The fourth-order valence-corrected chi connectivity index (χ4v) is 2.83. The molecule has 0 radical (unpaired) electrons. The highest BCUT2D eigenvalue weighted by atomic mass is 16.6. The Labute approximate surface area is 125 Å². The standard InChI is InChI=1S/C16H24N2O3/c1-5-9-17-14-10-15(16(14,3)4)21-13-8-6-7-12(11(13)2)18(19)20/h6-8,14-15,17H,5,9-10H2,1-4H3. The summed E-state index contributed by atoms with van der Waals surface area (Å²) in [5.41, 5.74) is 0.750. The van der Waals surface area contributed by atoms with Crippen molar-refractivity contribution in [1.82, 2.24) is 5.32 Å². The van der Waals surface area contributed by atoms with Crippen LogP contribution in [0.4, 0.5) is 5.69 Å². The zero-order valence-electron chi connectivity index (χ0n) is 13.2. The zero-order valence-corrected chi connectivity index (χ0v) is 13.2. The highest BCUT2D eigenvalue weighted by Crippen LogP contribution is 2.44. The Balaban J connectivity index is 2.07. The van der Waals surface area contributed by atoms with Crippen LogP contribution >= 0.6 is 0 Å². The molecule has 0 aromatic heterocycles. The molecule has 1 aliphatic rings. The predicted molar refractivity (Wildman–Crippen MR) is 82.7 cm³/mol. The third kappa shape index (κ3) is 3.02. The molecule has 2 rings (SSSR count). The maximum Gasteiger partial charge on any atom is 0.276 e. The predicted octanol–water partition coefficient (Wildman–Crippen LogP) is 3.45. The average Bonchev–Trinajstić information content (AvgIpc) is 2.43. The second kappa shape index (κ2) is 6.02. The van der Waals surface area contributed by atoms with E-state index >= 15 is 0 Å². The number of nitrogens with one attached hydrogen (secondary N) is 1. The first-order chi connectivity index (χ1) is 9.87. The van der Waals surface area contributed by atoms with Gasteiger partial charge in [-0.3, -0.25) is 10.1 Å². The Morgan fingerprint density at radius 2 is 2.19 bits per heavy atom. The Morgan fingerprint density at radius 3 is 2.76 bits per heavy atom. The molecule has 1 aliphatic carbocycles. The lowest BCUT2D eigenvalue weighted by atomic mass is 9.64. The van der Waals surface area contributed by atoms with Crippen molar-refractivity contribution in [1.29, 1.82) is 0 Å². The van der Waals surface area contributed by atoms with E-state index in [0.29, 0.717) is 17.4 Å². The lowest BCUT2D eigenvalue weighted by Gasteiger charge is -2.51. The van der Waals surface area contributed by atoms with Crippen molar-refractivity contribution in [2.24, 2.45) is 5.41 Å². The van der Waals surface area contributed by atoms with Crippen LogP contribution in [0.1, 0.15) is 39.2 Å². The van der Waals surface area contributed by atoms with E-state index in [1.165, 1.54) is 6.07 Å².